The lowest BCUT2D eigenvalue weighted by atomic mass is 10.0. The molecule has 0 bridgehead atoms. The molecule has 0 radical (unpaired) electrons. The van der Waals surface area contributed by atoms with Crippen LogP contribution < -0.4 is 9.47 Å². The molecule has 0 saturated carbocycles. The summed E-state index contributed by atoms with van der Waals surface area (Å²) in [5, 5.41) is 9.19. The fourth-order valence-electron chi connectivity index (χ4n) is 3.45. The second-order valence-electron chi connectivity index (χ2n) is 6.33. The van der Waals surface area contributed by atoms with Gasteiger partial charge in [0.05, 0.1) is 31.9 Å². The highest BCUT2D eigenvalue weighted by Gasteiger charge is 2.31. The van der Waals surface area contributed by atoms with E-state index in [0.717, 1.165) is 35.5 Å². The molecule has 27 heavy (non-hydrogen) atoms. The first-order valence-electron chi connectivity index (χ1n) is 8.87. The van der Waals surface area contributed by atoms with E-state index < -0.39 is 0 Å². The molecule has 1 aliphatic rings. The molecular formula is C22H22N2O3. The zero-order valence-electron chi connectivity index (χ0n) is 15.5. The number of carbonyl (C=O) groups is 1. The molecule has 0 N–H and O–H groups in total. The Kier molecular flexibility index (Phi) is 5.77. The van der Waals surface area contributed by atoms with Crippen molar-refractivity contribution in [3.63, 3.8) is 0 Å². The Morgan fingerprint density at radius 2 is 2.04 bits per heavy atom. The van der Waals surface area contributed by atoms with Crippen LogP contribution in [0.3, 0.4) is 0 Å². The molecule has 1 fully saturated rings. The molecule has 1 unspecified atom stereocenters. The minimum atomic E-state index is -0.0740. The molecule has 5 heteroatoms. The van der Waals surface area contributed by atoms with Crippen LogP contribution in [0, 0.1) is 11.3 Å². The van der Waals surface area contributed by atoms with Crippen LogP contribution in [-0.4, -0.2) is 31.6 Å². The zero-order valence-corrected chi connectivity index (χ0v) is 15.5. The zero-order chi connectivity index (χ0) is 19.2. The summed E-state index contributed by atoms with van der Waals surface area (Å²) in [5.41, 5.74) is 2.24. The van der Waals surface area contributed by atoms with E-state index in [-0.39, 0.29) is 11.9 Å². The van der Waals surface area contributed by atoms with Gasteiger partial charge in [-0.15, -0.1) is 0 Å². The minimum Gasteiger partial charge on any atom is -0.497 e. The number of amides is 1. The first-order valence-corrected chi connectivity index (χ1v) is 8.87. The minimum absolute atomic E-state index is 0.0570. The molecule has 1 atom stereocenters. The van der Waals surface area contributed by atoms with Crippen LogP contribution in [0.1, 0.15) is 35.6 Å². The van der Waals surface area contributed by atoms with Crippen molar-refractivity contribution < 1.29 is 14.3 Å². The number of carbonyl (C=O) groups excluding carboxylic acids is 1. The normalized spacial score (nSPS) is 16.3. The van der Waals surface area contributed by atoms with Gasteiger partial charge in [0, 0.05) is 18.2 Å². The first kappa shape index (κ1) is 18.5. The van der Waals surface area contributed by atoms with Crippen LogP contribution in [-0.2, 0) is 4.79 Å². The average Bonchev–Trinajstić information content (AvgIpc) is 3.21. The maximum atomic E-state index is 12.8. The van der Waals surface area contributed by atoms with Crippen molar-refractivity contribution in [2.75, 3.05) is 20.8 Å². The van der Waals surface area contributed by atoms with Crippen molar-refractivity contribution in [1.29, 1.82) is 5.26 Å². The lowest BCUT2D eigenvalue weighted by Gasteiger charge is -2.25. The summed E-state index contributed by atoms with van der Waals surface area (Å²) < 4.78 is 10.8. The third-order valence-corrected chi connectivity index (χ3v) is 4.82. The molecular weight excluding hydrogens is 340 g/mol. The van der Waals surface area contributed by atoms with Gasteiger partial charge in [-0.2, -0.15) is 5.26 Å². The lowest BCUT2D eigenvalue weighted by molar-refractivity contribution is -0.126. The van der Waals surface area contributed by atoms with Crippen molar-refractivity contribution in [3.05, 3.63) is 65.2 Å². The molecule has 0 aromatic heterocycles. The summed E-state index contributed by atoms with van der Waals surface area (Å²) >= 11 is 0. The highest BCUT2D eigenvalue weighted by molar-refractivity contribution is 5.92. The largest absolute Gasteiger partial charge is 0.497 e. The van der Waals surface area contributed by atoms with Crippen molar-refractivity contribution >= 4 is 12.0 Å². The highest BCUT2D eigenvalue weighted by Crippen LogP contribution is 2.39. The van der Waals surface area contributed by atoms with E-state index in [9.17, 15) is 10.1 Å². The number of benzene rings is 2. The van der Waals surface area contributed by atoms with Gasteiger partial charge in [-0.25, -0.2) is 0 Å². The Morgan fingerprint density at radius 1 is 1.22 bits per heavy atom. The summed E-state index contributed by atoms with van der Waals surface area (Å²) in [5.74, 6) is 1.41. The molecule has 0 spiro atoms. The van der Waals surface area contributed by atoms with Gasteiger partial charge >= 0.3 is 0 Å². The number of nitriles is 1. The van der Waals surface area contributed by atoms with Crippen LogP contribution in [0.15, 0.2) is 48.5 Å². The van der Waals surface area contributed by atoms with Gasteiger partial charge < -0.3 is 14.4 Å². The Balaban J connectivity index is 1.85. The van der Waals surface area contributed by atoms with Gasteiger partial charge in [-0.05, 0) is 48.7 Å². The van der Waals surface area contributed by atoms with E-state index in [2.05, 4.69) is 6.07 Å². The maximum absolute atomic E-state index is 12.8. The van der Waals surface area contributed by atoms with Crippen LogP contribution >= 0.6 is 0 Å². The van der Waals surface area contributed by atoms with Crippen LogP contribution in [0.4, 0.5) is 0 Å². The average molecular weight is 362 g/mol. The molecule has 2 aromatic carbocycles. The number of hydrogen-bond acceptors (Lipinski definition) is 4. The van der Waals surface area contributed by atoms with E-state index in [0.29, 0.717) is 12.1 Å². The molecule has 2 aromatic rings. The highest BCUT2D eigenvalue weighted by atomic mass is 16.5. The summed E-state index contributed by atoms with van der Waals surface area (Å²) in [6.45, 7) is 0.689. The van der Waals surface area contributed by atoms with Crippen molar-refractivity contribution in [2.45, 2.75) is 18.9 Å². The predicted octanol–water partition coefficient (Wildman–Crippen LogP) is 3.95. The molecule has 1 aliphatic heterocycles. The third-order valence-electron chi connectivity index (χ3n) is 4.82. The maximum Gasteiger partial charge on any atom is 0.247 e. The number of hydrogen-bond donors (Lipinski definition) is 0. The number of rotatable bonds is 5. The Labute approximate surface area is 159 Å². The van der Waals surface area contributed by atoms with Gasteiger partial charge in [0.2, 0.25) is 5.91 Å². The molecule has 3 rings (SSSR count). The van der Waals surface area contributed by atoms with E-state index in [1.165, 1.54) is 0 Å². The topological polar surface area (TPSA) is 62.6 Å². The van der Waals surface area contributed by atoms with E-state index in [4.69, 9.17) is 9.47 Å². The molecule has 138 valence electrons. The molecule has 0 aliphatic carbocycles. The Morgan fingerprint density at radius 3 is 2.78 bits per heavy atom. The van der Waals surface area contributed by atoms with E-state index in [1.807, 2.05) is 41.3 Å². The fourth-order valence-corrected chi connectivity index (χ4v) is 3.45. The molecule has 1 heterocycles. The molecule has 1 saturated heterocycles. The van der Waals surface area contributed by atoms with Gasteiger partial charge in [0.25, 0.3) is 0 Å². The summed E-state index contributed by atoms with van der Waals surface area (Å²) in [7, 11) is 3.25. The van der Waals surface area contributed by atoms with Gasteiger partial charge in [-0.1, -0.05) is 18.2 Å². The first-order chi connectivity index (χ1) is 13.2. The molecule has 1 amide bonds. The Bertz CT molecular complexity index is 899. The van der Waals surface area contributed by atoms with E-state index >= 15 is 0 Å². The predicted molar refractivity (Wildman–Crippen MR) is 103 cm³/mol. The van der Waals surface area contributed by atoms with Crippen molar-refractivity contribution in [2.24, 2.45) is 0 Å². The van der Waals surface area contributed by atoms with Crippen LogP contribution in [0.25, 0.3) is 6.08 Å². The van der Waals surface area contributed by atoms with Gasteiger partial charge in [0.15, 0.2) is 0 Å². The number of ether oxygens (including phenoxy) is 2. The van der Waals surface area contributed by atoms with Crippen LogP contribution in [0.5, 0.6) is 11.5 Å². The lowest BCUT2D eigenvalue weighted by Crippen LogP contribution is -2.29. The van der Waals surface area contributed by atoms with Crippen LogP contribution in [0.2, 0.25) is 0 Å². The van der Waals surface area contributed by atoms with Crippen molar-refractivity contribution in [1.82, 2.24) is 4.90 Å². The van der Waals surface area contributed by atoms with Gasteiger partial charge in [0.1, 0.15) is 11.5 Å². The number of nitrogens with zero attached hydrogens (tertiary/aromatic N) is 2. The summed E-state index contributed by atoms with van der Waals surface area (Å²) in [6, 6.07) is 15.0. The monoisotopic (exact) mass is 362 g/mol. The quantitative estimate of drug-likeness (QED) is 0.756. The second kappa shape index (κ2) is 8.41. The number of methoxy groups -OCH3 is 2. The fraction of sp³-hybridized carbons (Fsp3) is 0.273. The summed E-state index contributed by atoms with van der Waals surface area (Å²) in [6.07, 6.45) is 5.05. The Hall–Kier alpha value is -3.26. The van der Waals surface area contributed by atoms with Crippen molar-refractivity contribution in [3.8, 4) is 17.6 Å². The SMILES string of the molecule is COc1ccc(OC)c(C2CCCN2C(=O)C=Cc2ccccc2C#N)c1. The number of likely N-dealkylation sites (tertiary alicyclic amines) is 1. The third kappa shape index (κ3) is 3.95. The second-order valence-corrected chi connectivity index (χ2v) is 6.33. The smallest absolute Gasteiger partial charge is 0.247 e. The summed E-state index contributed by atoms with van der Waals surface area (Å²) in [4.78, 5) is 14.7. The van der Waals surface area contributed by atoms with E-state index in [1.54, 1.807) is 32.4 Å². The van der Waals surface area contributed by atoms with Gasteiger partial charge in [-0.3, -0.25) is 4.79 Å². The molecule has 5 nitrogen and oxygen atoms in total. The standard InChI is InChI=1S/C22H22N2O3/c1-26-18-10-11-21(27-2)19(14-18)20-8-5-13-24(20)22(25)12-9-16-6-3-4-7-17(16)15-23/h3-4,6-7,9-12,14,20H,5,8,13H2,1-2H3.